The first-order valence-electron chi connectivity index (χ1n) is 16.3. The fourth-order valence-electron chi connectivity index (χ4n) is 5.11. The predicted octanol–water partition coefficient (Wildman–Crippen LogP) is 6.28. The summed E-state index contributed by atoms with van der Waals surface area (Å²) in [4.78, 5) is 23.9. The first-order chi connectivity index (χ1) is 21.7. The number of benzene rings is 2. The van der Waals surface area contributed by atoms with Crippen molar-refractivity contribution in [1.82, 2.24) is 5.32 Å². The predicted molar refractivity (Wildman–Crippen MR) is 170 cm³/mol. The van der Waals surface area contributed by atoms with E-state index in [0.717, 1.165) is 12.8 Å². The molecule has 1 N–H and O–H groups in total. The van der Waals surface area contributed by atoms with Gasteiger partial charge < -0.3 is 33.7 Å². The summed E-state index contributed by atoms with van der Waals surface area (Å²) in [5.41, 5.74) is 4.81. The van der Waals surface area contributed by atoms with Crippen LogP contribution in [0.25, 0.3) is 11.1 Å². The van der Waals surface area contributed by atoms with Gasteiger partial charge in [-0.05, 0) is 35.1 Å². The fourth-order valence-corrected chi connectivity index (χ4v) is 5.11. The van der Waals surface area contributed by atoms with Crippen LogP contribution in [-0.2, 0) is 33.2 Å². The maximum atomic E-state index is 12.2. The molecule has 1 aliphatic carbocycles. The number of carbonyl (C=O) groups excluding carboxylic acids is 2. The Kier molecular flexibility index (Phi) is 18.2. The van der Waals surface area contributed by atoms with Crippen LogP contribution in [0.4, 0.5) is 4.79 Å². The van der Waals surface area contributed by atoms with Gasteiger partial charge in [0, 0.05) is 25.5 Å². The van der Waals surface area contributed by atoms with E-state index in [1.54, 1.807) is 0 Å². The molecular weight excluding hydrogens is 562 g/mol. The van der Waals surface area contributed by atoms with Crippen molar-refractivity contribution in [2.45, 2.75) is 64.2 Å². The van der Waals surface area contributed by atoms with E-state index < -0.39 is 6.09 Å². The molecule has 1 aliphatic rings. The van der Waals surface area contributed by atoms with Crippen LogP contribution in [0.3, 0.4) is 0 Å². The van der Waals surface area contributed by atoms with Crippen LogP contribution in [0.5, 0.6) is 0 Å². The van der Waals surface area contributed by atoms with Gasteiger partial charge in [-0.1, -0.05) is 87.6 Å². The smallest absolute Gasteiger partial charge is 0.407 e. The zero-order valence-electron chi connectivity index (χ0n) is 26.4. The Bertz CT molecular complexity index is 1030. The fraction of sp³-hybridized carbons (Fsp3) is 0.600. The Morgan fingerprint density at radius 1 is 0.614 bits per heavy atom. The Labute approximate surface area is 262 Å². The summed E-state index contributed by atoms with van der Waals surface area (Å²) >= 11 is 0. The number of amides is 1. The van der Waals surface area contributed by atoms with Crippen LogP contribution in [0.1, 0.15) is 75.3 Å². The van der Waals surface area contributed by atoms with E-state index in [4.69, 9.17) is 28.4 Å². The summed E-state index contributed by atoms with van der Waals surface area (Å²) in [6, 6.07) is 16.6. The Hall–Kier alpha value is -2.98. The molecule has 2 aromatic rings. The number of ether oxygens (including phenoxy) is 6. The standard InChI is InChI=1S/C35H51NO8/c1-2-3-4-5-6-7-17-34(37)43-27-26-42-25-24-41-23-22-40-21-20-39-19-12-18-36-35(38)44-28-33-31-15-10-8-13-29(31)30-14-9-11-16-32(30)33/h8-11,13-16,33H,2-7,12,17-28H2,1H3,(H,36,38). The molecule has 0 aliphatic heterocycles. The maximum Gasteiger partial charge on any atom is 0.407 e. The monoisotopic (exact) mass is 613 g/mol. The topological polar surface area (TPSA) is 102 Å². The first kappa shape index (κ1) is 35.5. The molecule has 1 amide bonds. The molecule has 0 unspecified atom stereocenters. The average Bonchev–Trinajstić information content (AvgIpc) is 3.36. The Balaban J connectivity index is 1.05. The summed E-state index contributed by atoms with van der Waals surface area (Å²) in [6.07, 6.45) is 7.68. The van der Waals surface area contributed by atoms with E-state index in [1.807, 2.05) is 24.3 Å². The summed E-state index contributed by atoms with van der Waals surface area (Å²) < 4.78 is 32.7. The van der Waals surface area contributed by atoms with E-state index in [9.17, 15) is 9.59 Å². The normalized spacial score (nSPS) is 12.1. The second kappa shape index (κ2) is 22.5. The highest BCUT2D eigenvalue weighted by molar-refractivity contribution is 5.79. The maximum absolute atomic E-state index is 12.2. The summed E-state index contributed by atoms with van der Waals surface area (Å²) in [6.45, 7) is 6.97. The van der Waals surface area contributed by atoms with Crippen molar-refractivity contribution >= 4 is 12.1 Å². The number of rotatable bonds is 25. The van der Waals surface area contributed by atoms with Gasteiger partial charge >= 0.3 is 12.1 Å². The van der Waals surface area contributed by atoms with Crippen molar-refractivity contribution < 1.29 is 38.0 Å². The van der Waals surface area contributed by atoms with E-state index >= 15 is 0 Å². The van der Waals surface area contributed by atoms with Gasteiger partial charge in [0.1, 0.15) is 13.2 Å². The third kappa shape index (κ3) is 13.8. The van der Waals surface area contributed by atoms with Gasteiger partial charge in [-0.2, -0.15) is 0 Å². The van der Waals surface area contributed by atoms with E-state index in [-0.39, 0.29) is 18.5 Å². The highest BCUT2D eigenvalue weighted by atomic mass is 16.6. The second-order valence-electron chi connectivity index (χ2n) is 10.8. The molecule has 0 atom stereocenters. The molecule has 0 heterocycles. The lowest BCUT2D eigenvalue weighted by Gasteiger charge is -2.14. The third-order valence-electron chi connectivity index (χ3n) is 7.42. The summed E-state index contributed by atoms with van der Waals surface area (Å²) in [5.74, 6) is -0.0933. The van der Waals surface area contributed by atoms with Crippen LogP contribution in [-0.4, -0.2) is 84.7 Å². The quantitative estimate of drug-likeness (QED) is 0.103. The van der Waals surface area contributed by atoms with Gasteiger partial charge in [0.2, 0.25) is 0 Å². The molecule has 0 spiro atoms. The van der Waals surface area contributed by atoms with Crippen LogP contribution in [0, 0.1) is 0 Å². The highest BCUT2D eigenvalue weighted by Gasteiger charge is 2.28. The van der Waals surface area contributed by atoms with Crippen LogP contribution in [0.15, 0.2) is 48.5 Å². The number of nitrogens with one attached hydrogen (secondary N) is 1. The summed E-state index contributed by atoms with van der Waals surface area (Å²) in [7, 11) is 0. The van der Waals surface area contributed by atoms with Crippen molar-refractivity contribution in [1.29, 1.82) is 0 Å². The van der Waals surface area contributed by atoms with Crippen LogP contribution >= 0.6 is 0 Å². The minimum atomic E-state index is -0.414. The Morgan fingerprint density at radius 2 is 1.14 bits per heavy atom. The van der Waals surface area contributed by atoms with E-state index in [1.165, 1.54) is 47.9 Å². The molecule has 44 heavy (non-hydrogen) atoms. The van der Waals surface area contributed by atoms with Gasteiger partial charge in [0.05, 0.1) is 46.2 Å². The zero-order valence-corrected chi connectivity index (χ0v) is 26.4. The van der Waals surface area contributed by atoms with E-state index in [0.29, 0.717) is 78.8 Å². The van der Waals surface area contributed by atoms with Crippen molar-refractivity contribution in [3.05, 3.63) is 59.7 Å². The molecule has 9 nitrogen and oxygen atoms in total. The molecule has 0 saturated heterocycles. The van der Waals surface area contributed by atoms with Gasteiger partial charge in [-0.25, -0.2) is 4.79 Å². The van der Waals surface area contributed by atoms with Crippen molar-refractivity contribution in [2.24, 2.45) is 0 Å². The van der Waals surface area contributed by atoms with Crippen molar-refractivity contribution in [3.8, 4) is 11.1 Å². The highest BCUT2D eigenvalue weighted by Crippen LogP contribution is 2.44. The number of fused-ring (bicyclic) bond motifs is 3. The largest absolute Gasteiger partial charge is 0.463 e. The second-order valence-corrected chi connectivity index (χ2v) is 10.8. The van der Waals surface area contributed by atoms with Crippen LogP contribution < -0.4 is 5.32 Å². The SMILES string of the molecule is CCCCCCCCC(=O)OCCOCCOCCOCCOCCCNC(=O)OCC1c2ccccc2-c2ccccc21. The number of alkyl carbamates (subject to hydrolysis) is 1. The minimum Gasteiger partial charge on any atom is -0.463 e. The van der Waals surface area contributed by atoms with Crippen molar-refractivity contribution in [3.63, 3.8) is 0 Å². The van der Waals surface area contributed by atoms with Crippen LogP contribution in [0.2, 0.25) is 0 Å². The zero-order chi connectivity index (χ0) is 31.1. The molecule has 2 aromatic carbocycles. The lowest BCUT2D eigenvalue weighted by atomic mass is 9.98. The molecular formula is C35H51NO8. The van der Waals surface area contributed by atoms with Gasteiger partial charge in [0.15, 0.2) is 0 Å². The molecule has 3 rings (SSSR count). The first-order valence-corrected chi connectivity index (χ1v) is 16.3. The lowest BCUT2D eigenvalue weighted by Crippen LogP contribution is -2.27. The van der Waals surface area contributed by atoms with Gasteiger partial charge in [-0.3, -0.25) is 4.79 Å². The molecule has 0 aromatic heterocycles. The third-order valence-corrected chi connectivity index (χ3v) is 7.42. The number of esters is 1. The number of hydrogen-bond acceptors (Lipinski definition) is 8. The number of carbonyl (C=O) groups is 2. The molecule has 244 valence electrons. The molecule has 0 fully saturated rings. The average molecular weight is 614 g/mol. The molecule has 9 heteroatoms. The lowest BCUT2D eigenvalue weighted by molar-refractivity contribution is -0.145. The van der Waals surface area contributed by atoms with Gasteiger partial charge in [-0.15, -0.1) is 0 Å². The summed E-state index contributed by atoms with van der Waals surface area (Å²) in [5, 5.41) is 2.80. The number of unbranched alkanes of at least 4 members (excludes halogenated alkanes) is 5. The van der Waals surface area contributed by atoms with Gasteiger partial charge in [0.25, 0.3) is 0 Å². The molecule has 0 bridgehead atoms. The molecule has 0 saturated carbocycles. The minimum absolute atomic E-state index is 0.0533. The van der Waals surface area contributed by atoms with Crippen molar-refractivity contribution in [2.75, 3.05) is 72.6 Å². The molecule has 0 radical (unpaired) electrons. The Morgan fingerprint density at radius 3 is 1.75 bits per heavy atom. The number of hydrogen-bond donors (Lipinski definition) is 1. The van der Waals surface area contributed by atoms with E-state index in [2.05, 4.69) is 36.5 Å².